The number of amides is 3. The van der Waals surface area contributed by atoms with Gasteiger partial charge in [-0.25, -0.2) is 4.79 Å². The highest BCUT2D eigenvalue weighted by Crippen LogP contribution is 2.12. The third-order valence-corrected chi connectivity index (χ3v) is 6.15. The lowest BCUT2D eigenvalue weighted by atomic mass is 10.0. The maximum Gasteiger partial charge on any atom is 0.326 e. The van der Waals surface area contributed by atoms with Gasteiger partial charge in [-0.15, -0.1) is 0 Å². The second kappa shape index (κ2) is 18.8. The van der Waals surface area contributed by atoms with Gasteiger partial charge < -0.3 is 54.2 Å². The number of hydrogen-bond donors (Lipinski definition) is 10. The molecule has 0 radical (unpaired) electrons. The molecule has 1 aromatic rings. The zero-order valence-corrected chi connectivity index (χ0v) is 23.3. The number of nitrogens with two attached hydrogens (primary N) is 4. The van der Waals surface area contributed by atoms with Gasteiger partial charge in [0.05, 0.1) is 6.04 Å². The first kappa shape index (κ1) is 35.6. The number of unbranched alkanes of at least 4 members (excludes halogenated alkanes) is 1. The summed E-state index contributed by atoms with van der Waals surface area (Å²) in [6, 6.07) is 0.921. The number of benzene rings is 1. The Morgan fingerprint density at radius 3 is 1.86 bits per heavy atom. The number of nitrogens with zero attached hydrogens (tertiary/aromatic N) is 1. The summed E-state index contributed by atoms with van der Waals surface area (Å²) < 4.78 is 0. The zero-order chi connectivity index (χ0) is 31.7. The predicted octanol–water partition coefficient (Wildman–Crippen LogP) is -2.15. The lowest BCUT2D eigenvalue weighted by molar-refractivity contribution is -0.142. The third-order valence-electron chi connectivity index (χ3n) is 6.15. The lowest BCUT2D eigenvalue weighted by Gasteiger charge is -2.25. The van der Waals surface area contributed by atoms with E-state index in [-0.39, 0.29) is 56.8 Å². The fraction of sp³-hybridized carbons (Fsp3) is 0.538. The molecule has 0 aliphatic heterocycles. The number of phenols is 1. The van der Waals surface area contributed by atoms with E-state index < -0.39 is 53.8 Å². The van der Waals surface area contributed by atoms with Gasteiger partial charge >= 0.3 is 11.9 Å². The van der Waals surface area contributed by atoms with Crippen molar-refractivity contribution in [3.63, 3.8) is 0 Å². The monoisotopic (exact) mass is 594 g/mol. The first-order valence-corrected chi connectivity index (χ1v) is 13.5. The summed E-state index contributed by atoms with van der Waals surface area (Å²) in [5.74, 6) is -4.87. The second-order valence-electron chi connectivity index (χ2n) is 9.66. The number of carbonyl (C=O) groups excluding carboxylic acids is 3. The number of carbonyl (C=O) groups is 5. The van der Waals surface area contributed by atoms with Crippen molar-refractivity contribution in [2.45, 2.75) is 75.5 Å². The standard InChI is InChI=1S/C26H42N8O8/c27-12-2-1-4-18(32-22(38)17(28)10-11-21(36)37)23(39)33-19(5-3-13-31-26(29)30)24(40)34-20(25(41)42)14-15-6-8-16(35)9-7-15/h6-9,17-20,35H,1-5,10-14,27-28H2,(H,32,38)(H,33,39)(H,34,40)(H,36,37)(H,41,42)(H4,29,30,31). The van der Waals surface area contributed by atoms with Crippen molar-refractivity contribution in [3.8, 4) is 5.75 Å². The summed E-state index contributed by atoms with van der Waals surface area (Å²) in [5.41, 5.74) is 22.6. The molecule has 234 valence electrons. The van der Waals surface area contributed by atoms with Crippen molar-refractivity contribution in [1.82, 2.24) is 16.0 Å². The Morgan fingerprint density at radius 1 is 0.786 bits per heavy atom. The van der Waals surface area contributed by atoms with Gasteiger partial charge in [-0.3, -0.25) is 24.2 Å². The molecule has 0 heterocycles. The summed E-state index contributed by atoms with van der Waals surface area (Å²) in [5, 5.41) is 35.5. The van der Waals surface area contributed by atoms with Crippen LogP contribution in [0.15, 0.2) is 29.3 Å². The Kier molecular flexibility index (Phi) is 15.9. The molecule has 4 atom stereocenters. The van der Waals surface area contributed by atoms with E-state index in [9.17, 15) is 34.2 Å². The van der Waals surface area contributed by atoms with E-state index in [1.807, 2.05) is 0 Å². The summed E-state index contributed by atoms with van der Waals surface area (Å²) in [6.07, 6.45) is 0.845. The SMILES string of the molecule is NCCCCC(NC(=O)C(N)CCC(=O)O)C(=O)NC(CCCN=C(N)N)C(=O)NC(Cc1ccc(O)cc1)C(=O)O. The van der Waals surface area contributed by atoms with Gasteiger partial charge in [0.15, 0.2) is 5.96 Å². The highest BCUT2D eigenvalue weighted by molar-refractivity contribution is 5.94. The molecule has 3 amide bonds. The summed E-state index contributed by atoms with van der Waals surface area (Å²) in [6.45, 7) is 0.473. The smallest absolute Gasteiger partial charge is 0.326 e. The Morgan fingerprint density at radius 2 is 1.33 bits per heavy atom. The molecule has 0 saturated carbocycles. The molecule has 0 bridgehead atoms. The van der Waals surface area contributed by atoms with Crippen molar-refractivity contribution in [3.05, 3.63) is 29.8 Å². The van der Waals surface area contributed by atoms with Gasteiger partial charge in [0.25, 0.3) is 0 Å². The number of aliphatic imine (C=N–C) groups is 1. The Labute approximate surface area is 243 Å². The van der Waals surface area contributed by atoms with E-state index in [0.29, 0.717) is 24.9 Å². The minimum absolute atomic E-state index is 0.00541. The van der Waals surface area contributed by atoms with Crippen LogP contribution in [0, 0.1) is 0 Å². The molecule has 0 aliphatic carbocycles. The van der Waals surface area contributed by atoms with E-state index in [2.05, 4.69) is 20.9 Å². The van der Waals surface area contributed by atoms with Crippen LogP contribution in [0.2, 0.25) is 0 Å². The van der Waals surface area contributed by atoms with E-state index >= 15 is 0 Å². The average Bonchev–Trinajstić information content (AvgIpc) is 2.93. The van der Waals surface area contributed by atoms with Gasteiger partial charge in [0.1, 0.15) is 23.9 Å². The number of nitrogens with one attached hydrogen (secondary N) is 3. The number of carboxylic acids is 2. The van der Waals surface area contributed by atoms with Crippen LogP contribution in [0.5, 0.6) is 5.75 Å². The van der Waals surface area contributed by atoms with Crippen molar-refractivity contribution in [2.75, 3.05) is 13.1 Å². The van der Waals surface area contributed by atoms with E-state index in [1.165, 1.54) is 24.3 Å². The number of aromatic hydroxyl groups is 1. The first-order chi connectivity index (χ1) is 19.8. The summed E-state index contributed by atoms with van der Waals surface area (Å²) in [4.78, 5) is 65.7. The number of hydrogen-bond acceptors (Lipinski definition) is 9. The molecule has 0 saturated heterocycles. The Balaban J connectivity index is 3.08. The number of rotatable bonds is 20. The van der Waals surface area contributed by atoms with E-state index in [1.54, 1.807) is 0 Å². The molecule has 0 fully saturated rings. The number of carboxylic acid groups (broad SMARTS) is 2. The molecule has 16 nitrogen and oxygen atoms in total. The molecule has 4 unspecified atom stereocenters. The minimum Gasteiger partial charge on any atom is -0.508 e. The first-order valence-electron chi connectivity index (χ1n) is 13.5. The summed E-state index contributed by atoms with van der Waals surface area (Å²) in [7, 11) is 0. The quantitative estimate of drug-likeness (QED) is 0.0439. The largest absolute Gasteiger partial charge is 0.508 e. The van der Waals surface area contributed by atoms with E-state index in [4.69, 9.17) is 28.0 Å². The molecule has 1 aromatic carbocycles. The zero-order valence-electron chi connectivity index (χ0n) is 23.3. The van der Waals surface area contributed by atoms with Gasteiger partial charge in [0, 0.05) is 19.4 Å². The molecule has 14 N–H and O–H groups in total. The van der Waals surface area contributed by atoms with Gasteiger partial charge in [0.2, 0.25) is 17.7 Å². The number of guanidine groups is 1. The van der Waals surface area contributed by atoms with Crippen molar-refractivity contribution in [2.24, 2.45) is 27.9 Å². The van der Waals surface area contributed by atoms with Crippen LogP contribution >= 0.6 is 0 Å². The predicted molar refractivity (Wildman–Crippen MR) is 153 cm³/mol. The fourth-order valence-corrected chi connectivity index (χ4v) is 3.84. The molecule has 0 aromatic heterocycles. The molecule has 16 heteroatoms. The van der Waals surface area contributed by atoms with Crippen molar-refractivity contribution < 1.29 is 39.3 Å². The molecule has 1 rings (SSSR count). The van der Waals surface area contributed by atoms with Gasteiger partial charge in [-0.05, 0) is 62.8 Å². The number of phenolic OH excluding ortho intramolecular Hbond substituents is 1. The van der Waals surface area contributed by atoms with Crippen LogP contribution in [0.3, 0.4) is 0 Å². The van der Waals surface area contributed by atoms with Gasteiger partial charge in [-0.2, -0.15) is 0 Å². The maximum atomic E-state index is 13.3. The van der Waals surface area contributed by atoms with Crippen molar-refractivity contribution >= 4 is 35.6 Å². The van der Waals surface area contributed by atoms with Crippen LogP contribution in [-0.4, -0.2) is 88.2 Å². The molecule has 0 spiro atoms. The van der Waals surface area contributed by atoms with Crippen LogP contribution < -0.4 is 38.9 Å². The number of aliphatic carboxylic acids is 2. The minimum atomic E-state index is -1.36. The van der Waals surface area contributed by atoms with Crippen LogP contribution in [0.25, 0.3) is 0 Å². The van der Waals surface area contributed by atoms with Gasteiger partial charge in [-0.1, -0.05) is 12.1 Å². The van der Waals surface area contributed by atoms with E-state index in [0.717, 1.165) is 0 Å². The average molecular weight is 595 g/mol. The molecular formula is C26H42N8O8. The van der Waals surface area contributed by atoms with Crippen molar-refractivity contribution in [1.29, 1.82) is 0 Å². The highest BCUT2D eigenvalue weighted by atomic mass is 16.4. The highest BCUT2D eigenvalue weighted by Gasteiger charge is 2.30. The fourth-order valence-electron chi connectivity index (χ4n) is 3.84. The normalized spacial score (nSPS) is 13.6. The molecule has 0 aliphatic rings. The Bertz CT molecular complexity index is 1080. The lowest BCUT2D eigenvalue weighted by Crippen LogP contribution is -2.57. The Hall–Kier alpha value is -4.44. The van der Waals surface area contributed by atoms with Crippen LogP contribution in [-0.2, 0) is 30.4 Å². The maximum absolute atomic E-state index is 13.3. The van der Waals surface area contributed by atoms with Crippen LogP contribution in [0.4, 0.5) is 0 Å². The topological polar surface area (TPSA) is 299 Å². The van der Waals surface area contributed by atoms with Crippen LogP contribution in [0.1, 0.15) is 50.5 Å². The molecule has 42 heavy (non-hydrogen) atoms. The second-order valence-corrected chi connectivity index (χ2v) is 9.66. The summed E-state index contributed by atoms with van der Waals surface area (Å²) >= 11 is 0. The third kappa shape index (κ3) is 14.3. The molecular weight excluding hydrogens is 552 g/mol.